The van der Waals surface area contributed by atoms with Gasteiger partial charge < -0.3 is 9.47 Å². The Kier molecular flexibility index (Phi) is 11.8. The molecule has 6 heteroatoms. The lowest BCUT2D eigenvalue weighted by molar-refractivity contribution is -0.190. The number of hydrogen-bond acceptors (Lipinski definition) is 6. The van der Waals surface area contributed by atoms with Crippen molar-refractivity contribution < 1.29 is 19.1 Å². The minimum atomic E-state index is -1.09. The van der Waals surface area contributed by atoms with Gasteiger partial charge in [-0.1, -0.05) is 78.0 Å². The summed E-state index contributed by atoms with van der Waals surface area (Å²) in [6.07, 6.45) is 6.82. The molecular formula is C39H64N2O4. The van der Waals surface area contributed by atoms with Gasteiger partial charge in [0, 0.05) is 52.8 Å². The first kappa shape index (κ1) is 37.3. The first-order valence-electron chi connectivity index (χ1n) is 17.6. The Bertz CT molecular complexity index is 1110. The largest absolute Gasteiger partial charge is 0.461 e. The van der Waals surface area contributed by atoms with Crippen LogP contribution in [0.3, 0.4) is 0 Å². The monoisotopic (exact) mass is 624 g/mol. The van der Waals surface area contributed by atoms with Gasteiger partial charge in [0.25, 0.3) is 0 Å². The third kappa shape index (κ3) is 6.79. The Labute approximate surface area is 275 Å². The van der Waals surface area contributed by atoms with Crippen LogP contribution in [0.5, 0.6) is 0 Å². The third-order valence-corrected chi connectivity index (χ3v) is 13.6. The van der Waals surface area contributed by atoms with Crippen molar-refractivity contribution in [1.29, 1.82) is 0 Å². The van der Waals surface area contributed by atoms with Crippen LogP contribution in [0.2, 0.25) is 0 Å². The molecular weight excluding hydrogens is 560 g/mol. The number of piperidine rings is 2. The minimum absolute atomic E-state index is 0.0896. The van der Waals surface area contributed by atoms with E-state index >= 15 is 0 Å². The van der Waals surface area contributed by atoms with Gasteiger partial charge in [0.15, 0.2) is 5.92 Å². The van der Waals surface area contributed by atoms with E-state index in [1.807, 2.05) is 30.3 Å². The molecule has 1 aromatic rings. The summed E-state index contributed by atoms with van der Waals surface area (Å²) in [7, 11) is 4.41. The van der Waals surface area contributed by atoms with Crippen LogP contribution in [-0.2, 0) is 19.1 Å². The molecule has 2 heterocycles. The van der Waals surface area contributed by atoms with Crippen LogP contribution in [0.15, 0.2) is 43.0 Å². The first-order chi connectivity index (χ1) is 21.0. The summed E-state index contributed by atoms with van der Waals surface area (Å²) >= 11 is 0. The van der Waals surface area contributed by atoms with Gasteiger partial charge in [-0.05, 0) is 79.5 Å². The maximum atomic E-state index is 14.5. The van der Waals surface area contributed by atoms with Crippen molar-refractivity contribution in [3.8, 4) is 0 Å². The van der Waals surface area contributed by atoms with Crippen LogP contribution in [0.1, 0.15) is 126 Å². The molecule has 0 amide bonds. The van der Waals surface area contributed by atoms with E-state index in [2.05, 4.69) is 99.7 Å². The van der Waals surface area contributed by atoms with E-state index in [0.717, 1.165) is 44.1 Å². The molecule has 0 radical (unpaired) electrons. The highest BCUT2D eigenvalue weighted by Crippen LogP contribution is 2.48. The molecule has 2 aliphatic heterocycles. The lowest BCUT2D eigenvalue weighted by atomic mass is 9.68. The van der Waals surface area contributed by atoms with E-state index < -0.39 is 23.8 Å². The summed E-state index contributed by atoms with van der Waals surface area (Å²) in [4.78, 5) is 34.0. The van der Waals surface area contributed by atoms with Crippen LogP contribution >= 0.6 is 0 Å². The summed E-state index contributed by atoms with van der Waals surface area (Å²) in [6.45, 7) is 26.3. The van der Waals surface area contributed by atoms with Crippen molar-refractivity contribution in [2.75, 3.05) is 14.1 Å². The predicted octanol–water partition coefficient (Wildman–Crippen LogP) is 8.40. The van der Waals surface area contributed by atoms with Crippen LogP contribution in [0.4, 0.5) is 0 Å². The van der Waals surface area contributed by atoms with Gasteiger partial charge in [0.1, 0.15) is 12.2 Å². The van der Waals surface area contributed by atoms with Gasteiger partial charge in [-0.15, -0.1) is 6.58 Å². The molecule has 6 nitrogen and oxygen atoms in total. The lowest BCUT2D eigenvalue weighted by Gasteiger charge is -2.59. The van der Waals surface area contributed by atoms with E-state index in [0.29, 0.717) is 6.42 Å². The third-order valence-electron chi connectivity index (χ3n) is 13.6. The molecule has 0 aliphatic carbocycles. The van der Waals surface area contributed by atoms with Gasteiger partial charge in [-0.2, -0.15) is 0 Å². The van der Waals surface area contributed by atoms with Crippen molar-refractivity contribution in [1.82, 2.24) is 9.80 Å². The fraction of sp³-hybridized carbons (Fsp3) is 0.744. The Morgan fingerprint density at radius 3 is 1.53 bits per heavy atom. The molecule has 3 rings (SSSR count). The van der Waals surface area contributed by atoms with Crippen molar-refractivity contribution in [3.05, 3.63) is 48.6 Å². The van der Waals surface area contributed by atoms with Crippen LogP contribution in [0.25, 0.3) is 0 Å². The second-order valence-electron chi connectivity index (χ2n) is 15.2. The summed E-state index contributed by atoms with van der Waals surface area (Å²) in [5.41, 5.74) is 0.358. The van der Waals surface area contributed by atoms with Crippen LogP contribution in [-0.4, -0.2) is 70.2 Å². The number of nitrogens with zero attached hydrogens (tertiary/aromatic N) is 2. The van der Waals surface area contributed by atoms with E-state index in [-0.39, 0.29) is 46.2 Å². The molecule has 2 saturated heterocycles. The lowest BCUT2D eigenvalue weighted by Crippen LogP contribution is -2.67. The van der Waals surface area contributed by atoms with Gasteiger partial charge in [-0.3, -0.25) is 19.4 Å². The normalized spacial score (nSPS) is 37.4. The van der Waals surface area contributed by atoms with Crippen molar-refractivity contribution in [3.63, 3.8) is 0 Å². The van der Waals surface area contributed by atoms with Gasteiger partial charge in [0.2, 0.25) is 0 Å². The average molecular weight is 625 g/mol. The molecule has 0 saturated carbocycles. The van der Waals surface area contributed by atoms with Gasteiger partial charge in [0.05, 0.1) is 0 Å². The zero-order valence-electron chi connectivity index (χ0n) is 30.6. The zero-order chi connectivity index (χ0) is 34.0. The average Bonchev–Trinajstić information content (AvgIpc) is 3.04. The van der Waals surface area contributed by atoms with Gasteiger partial charge in [-0.25, -0.2) is 0 Å². The number of rotatable bonds is 12. The number of carbonyl (C=O) groups excluding carboxylic acids is 2. The Morgan fingerprint density at radius 1 is 0.800 bits per heavy atom. The second kappa shape index (κ2) is 14.3. The Hall–Kier alpha value is -2.18. The molecule has 45 heavy (non-hydrogen) atoms. The maximum Gasteiger partial charge on any atom is 0.321 e. The molecule has 9 unspecified atom stereocenters. The highest BCUT2D eigenvalue weighted by molar-refractivity contribution is 5.96. The topological polar surface area (TPSA) is 59.1 Å². The smallest absolute Gasteiger partial charge is 0.321 e. The molecule has 1 aromatic carbocycles. The van der Waals surface area contributed by atoms with E-state index in [9.17, 15) is 9.59 Å². The van der Waals surface area contributed by atoms with Crippen molar-refractivity contribution in [2.24, 2.45) is 17.8 Å². The number of esters is 2. The van der Waals surface area contributed by atoms with E-state index in [1.54, 1.807) is 6.08 Å². The second-order valence-corrected chi connectivity index (χ2v) is 15.2. The summed E-state index contributed by atoms with van der Waals surface area (Å²) in [5, 5.41) is 0. The number of hydrogen-bond donors (Lipinski definition) is 0. The highest BCUT2D eigenvalue weighted by Gasteiger charge is 2.55. The number of allylic oxidation sites excluding steroid dienone is 1. The first-order valence-corrected chi connectivity index (χ1v) is 17.6. The number of carbonyl (C=O) groups is 2. The van der Waals surface area contributed by atoms with Crippen molar-refractivity contribution in [2.45, 2.75) is 154 Å². The molecule has 2 fully saturated rings. The Balaban J connectivity index is 2.04. The van der Waals surface area contributed by atoms with Crippen molar-refractivity contribution >= 4 is 11.9 Å². The Morgan fingerprint density at radius 2 is 1.20 bits per heavy atom. The molecule has 0 N–H and O–H groups in total. The van der Waals surface area contributed by atoms with Gasteiger partial charge >= 0.3 is 11.9 Å². The maximum absolute atomic E-state index is 14.5. The minimum Gasteiger partial charge on any atom is -0.461 e. The molecule has 0 aromatic heterocycles. The molecule has 254 valence electrons. The highest BCUT2D eigenvalue weighted by atomic mass is 16.6. The number of likely N-dealkylation sites (tertiary alicyclic amines) is 2. The van der Waals surface area contributed by atoms with Crippen LogP contribution < -0.4 is 0 Å². The fourth-order valence-corrected chi connectivity index (χ4v) is 8.52. The molecule has 9 atom stereocenters. The summed E-state index contributed by atoms with van der Waals surface area (Å²) in [6, 6.07) is 9.84. The molecule has 0 spiro atoms. The number of benzene rings is 1. The molecule has 2 aliphatic rings. The van der Waals surface area contributed by atoms with E-state index in [4.69, 9.17) is 9.47 Å². The van der Waals surface area contributed by atoms with E-state index in [1.165, 1.54) is 0 Å². The predicted molar refractivity (Wildman–Crippen MR) is 185 cm³/mol. The fourth-order valence-electron chi connectivity index (χ4n) is 8.52. The summed E-state index contributed by atoms with van der Waals surface area (Å²) in [5.74, 6) is -2.31. The summed E-state index contributed by atoms with van der Waals surface area (Å²) < 4.78 is 13.1. The quantitative estimate of drug-likeness (QED) is 0.132. The number of ether oxygens (including phenoxy) is 2. The molecule has 0 bridgehead atoms. The van der Waals surface area contributed by atoms with Crippen LogP contribution in [0, 0.1) is 17.8 Å². The SMILES string of the molecule is C=CCC(c1ccccc1)C(C(=O)OC1CC(C)(CC)N(C)C(C)(CC)C1C)C(=O)OC1CC(C)(CC)N(C)C(C)(CC)C1C. The standard InChI is InChI=1S/C39H64N2O4/c1-14-22-30(29-23-20-19-21-24-29)33(34(42)44-31-25-36(8,15-2)40(12)38(10,17-4)27(31)6)35(43)45-32-26-37(9,16-3)41(13)39(11,18-5)28(32)7/h14,19-21,23-24,27-28,30-33H,1,15-18,22,25-26H2,2-13H3. The zero-order valence-corrected chi connectivity index (χ0v) is 30.6.